The van der Waals surface area contributed by atoms with E-state index in [1.165, 1.54) is 41.0 Å². The van der Waals surface area contributed by atoms with E-state index in [-0.39, 0.29) is 16.7 Å². The number of H-pyrrole nitrogens is 1. The maximum atomic E-state index is 12.0. The van der Waals surface area contributed by atoms with E-state index in [1.54, 1.807) is 0 Å². The minimum Gasteiger partial charge on any atom is -0.307 e. The number of hydrogen-bond acceptors (Lipinski definition) is 5. The summed E-state index contributed by atoms with van der Waals surface area (Å²) in [5, 5.41) is 1.67. The predicted octanol–water partition coefficient (Wildman–Crippen LogP) is 2.69. The lowest BCUT2D eigenvalue weighted by Crippen LogP contribution is -2.33. The van der Waals surface area contributed by atoms with E-state index >= 15 is 0 Å². The Morgan fingerprint density at radius 1 is 1.20 bits per heavy atom. The smallest absolute Gasteiger partial charge is 0.305 e. The van der Waals surface area contributed by atoms with Crippen LogP contribution >= 0.6 is 23.1 Å². The number of nitrogen functional groups attached to an aromatic ring is 1. The average Bonchev–Trinajstić information content (AvgIpc) is 3.33. The fraction of sp³-hybridized carbons (Fsp3) is 0.444. The highest BCUT2D eigenvalue weighted by Gasteiger charge is 2.54. The molecule has 2 aliphatic carbocycles. The van der Waals surface area contributed by atoms with E-state index in [9.17, 15) is 9.59 Å². The number of carbonyl (C=O) groups excluding carboxylic acids is 1. The van der Waals surface area contributed by atoms with Crippen LogP contribution in [0.2, 0.25) is 0 Å². The first kappa shape index (κ1) is 15.7. The van der Waals surface area contributed by atoms with Crippen molar-refractivity contribution in [3.05, 3.63) is 49.9 Å². The molecule has 1 aliphatic heterocycles. The van der Waals surface area contributed by atoms with Crippen molar-refractivity contribution in [1.29, 1.82) is 0 Å². The highest BCUT2D eigenvalue weighted by atomic mass is 32.2. The Bertz CT molecular complexity index is 888. The second kappa shape index (κ2) is 5.72. The molecule has 5 nitrogen and oxygen atoms in total. The van der Waals surface area contributed by atoms with E-state index in [0.29, 0.717) is 16.7 Å². The summed E-state index contributed by atoms with van der Waals surface area (Å²) >= 11 is 3.25. The normalized spacial score (nSPS) is 32.3. The van der Waals surface area contributed by atoms with Crippen molar-refractivity contribution in [2.24, 2.45) is 23.6 Å². The van der Waals surface area contributed by atoms with Gasteiger partial charge in [-0.1, -0.05) is 23.5 Å². The number of hydrazine groups is 1. The number of thiazole rings is 1. The largest absolute Gasteiger partial charge is 0.307 e. The van der Waals surface area contributed by atoms with Gasteiger partial charge < -0.3 is 4.98 Å². The molecule has 1 aromatic carbocycles. The van der Waals surface area contributed by atoms with E-state index in [0.717, 1.165) is 16.9 Å². The van der Waals surface area contributed by atoms with Crippen LogP contribution in [0.1, 0.15) is 46.0 Å². The molecule has 2 aromatic rings. The third kappa shape index (κ3) is 2.33. The number of nitrogens with two attached hydrogens (primary N) is 1. The zero-order chi connectivity index (χ0) is 17.1. The monoisotopic (exact) mass is 373 g/mol. The van der Waals surface area contributed by atoms with Gasteiger partial charge in [0, 0.05) is 21.6 Å². The predicted molar refractivity (Wildman–Crippen MR) is 98.8 cm³/mol. The third-order valence-corrected chi connectivity index (χ3v) is 8.75. The summed E-state index contributed by atoms with van der Waals surface area (Å²) in [4.78, 5) is 28.0. The number of benzene rings is 1. The maximum absolute atomic E-state index is 12.0. The van der Waals surface area contributed by atoms with Crippen LogP contribution in [0.25, 0.3) is 0 Å². The first-order valence-corrected chi connectivity index (χ1v) is 10.4. The number of rotatable bonds is 2. The molecule has 3 aliphatic rings. The van der Waals surface area contributed by atoms with Gasteiger partial charge in [-0.3, -0.25) is 15.0 Å². The minimum absolute atomic E-state index is 0.0361. The van der Waals surface area contributed by atoms with Gasteiger partial charge in [0.05, 0.1) is 5.03 Å². The first-order valence-electron chi connectivity index (χ1n) is 8.66. The fourth-order valence-corrected chi connectivity index (χ4v) is 8.04. The minimum atomic E-state index is -0.282. The molecule has 130 valence electrons. The topological polar surface area (TPSA) is 88.0 Å². The summed E-state index contributed by atoms with van der Waals surface area (Å²) in [6.45, 7) is 0. The van der Waals surface area contributed by atoms with E-state index in [2.05, 4.69) is 10.4 Å². The van der Waals surface area contributed by atoms with Gasteiger partial charge in [-0.05, 0) is 54.7 Å². The lowest BCUT2D eigenvalue weighted by Gasteiger charge is -2.40. The van der Waals surface area contributed by atoms with Crippen LogP contribution in [0.4, 0.5) is 0 Å². The van der Waals surface area contributed by atoms with Gasteiger partial charge >= 0.3 is 4.87 Å². The Labute approximate surface area is 153 Å². The van der Waals surface area contributed by atoms with Crippen LogP contribution < -0.4 is 16.1 Å². The molecule has 5 atom stereocenters. The van der Waals surface area contributed by atoms with Crippen LogP contribution in [0.15, 0.2) is 34.1 Å². The molecular weight excluding hydrogens is 354 g/mol. The molecule has 7 heteroatoms. The lowest BCUT2D eigenvalue weighted by atomic mass is 9.75. The van der Waals surface area contributed by atoms with E-state index in [1.807, 2.05) is 36.0 Å². The Morgan fingerprint density at radius 3 is 2.72 bits per heavy atom. The molecular formula is C18H19N3O2S2. The summed E-state index contributed by atoms with van der Waals surface area (Å²) < 4.78 is 0. The SMILES string of the molecule is NNC(=O)c1ccc([C@@H]2c3sc(=O)[nH]c3S[C@H]3[C@@H]4CC[C@H](C4)[C@H]23)cc1. The van der Waals surface area contributed by atoms with Crippen molar-refractivity contribution in [2.45, 2.75) is 35.5 Å². The summed E-state index contributed by atoms with van der Waals surface area (Å²) in [6, 6.07) is 7.72. The summed E-state index contributed by atoms with van der Waals surface area (Å²) in [5.74, 6) is 7.33. The Kier molecular flexibility index (Phi) is 3.59. The number of carbonyl (C=O) groups is 1. The molecule has 0 unspecified atom stereocenters. The standard InChI is InChI=1S/C18H19N3O2S2/c19-21-16(22)9-3-1-8(2-4-9)12-13-10-5-6-11(7-10)14(13)24-17-15(12)25-18(23)20-17/h1-4,10-14H,5-7,19H2,(H,20,23)(H,21,22)/t10-,11-,12+,13-,14+/m1/s1. The van der Waals surface area contributed by atoms with Crippen LogP contribution in [-0.2, 0) is 0 Å². The molecule has 2 bridgehead atoms. The number of amides is 1. The first-order chi connectivity index (χ1) is 12.2. The van der Waals surface area contributed by atoms with Gasteiger partial charge in [-0.15, -0.1) is 11.8 Å². The fourth-order valence-electron chi connectivity index (χ4n) is 5.15. The zero-order valence-corrected chi connectivity index (χ0v) is 15.2. The summed E-state index contributed by atoms with van der Waals surface area (Å²) in [5.41, 5.74) is 3.93. The Hall–Kier alpha value is -1.57. The van der Waals surface area contributed by atoms with E-state index < -0.39 is 0 Å². The van der Waals surface area contributed by atoms with Crippen LogP contribution in [0.5, 0.6) is 0 Å². The molecule has 2 saturated carbocycles. The molecule has 2 heterocycles. The maximum Gasteiger partial charge on any atom is 0.305 e. The van der Waals surface area contributed by atoms with Gasteiger partial charge in [0.1, 0.15) is 0 Å². The molecule has 0 radical (unpaired) electrons. The van der Waals surface area contributed by atoms with Crippen molar-refractivity contribution >= 4 is 29.0 Å². The molecule has 1 aromatic heterocycles. The Balaban J connectivity index is 1.60. The van der Waals surface area contributed by atoms with Crippen LogP contribution in [0.3, 0.4) is 0 Å². The van der Waals surface area contributed by atoms with Crippen molar-refractivity contribution in [3.8, 4) is 0 Å². The van der Waals surface area contributed by atoms with Crippen molar-refractivity contribution < 1.29 is 4.79 Å². The van der Waals surface area contributed by atoms with Gasteiger partial charge in [0.25, 0.3) is 5.91 Å². The zero-order valence-electron chi connectivity index (χ0n) is 13.5. The quantitative estimate of drug-likeness (QED) is 0.429. The number of thioether (sulfide) groups is 1. The molecule has 4 N–H and O–H groups in total. The van der Waals surface area contributed by atoms with Gasteiger partial charge in [0.2, 0.25) is 0 Å². The number of hydrogen-bond donors (Lipinski definition) is 3. The second-order valence-corrected chi connectivity index (χ2v) is 9.48. The van der Waals surface area contributed by atoms with Gasteiger partial charge in [-0.25, -0.2) is 5.84 Å². The second-order valence-electron chi connectivity index (χ2n) is 7.27. The van der Waals surface area contributed by atoms with E-state index in [4.69, 9.17) is 5.84 Å². The number of aromatic nitrogens is 1. The molecule has 0 spiro atoms. The molecule has 0 saturated heterocycles. The highest BCUT2D eigenvalue weighted by molar-refractivity contribution is 8.00. The average molecular weight is 374 g/mol. The molecule has 25 heavy (non-hydrogen) atoms. The van der Waals surface area contributed by atoms with Crippen molar-refractivity contribution in [3.63, 3.8) is 0 Å². The van der Waals surface area contributed by atoms with Crippen LogP contribution in [-0.4, -0.2) is 16.1 Å². The van der Waals surface area contributed by atoms with Crippen molar-refractivity contribution in [2.75, 3.05) is 0 Å². The lowest BCUT2D eigenvalue weighted by molar-refractivity contribution is 0.0953. The van der Waals surface area contributed by atoms with Crippen molar-refractivity contribution in [1.82, 2.24) is 10.4 Å². The number of nitrogens with one attached hydrogen (secondary N) is 2. The Morgan fingerprint density at radius 2 is 1.96 bits per heavy atom. The third-order valence-electron chi connectivity index (χ3n) is 6.13. The number of aromatic amines is 1. The van der Waals surface area contributed by atoms with Crippen LogP contribution in [0, 0.1) is 17.8 Å². The van der Waals surface area contributed by atoms with Gasteiger partial charge in [0.15, 0.2) is 0 Å². The number of fused-ring (bicyclic) bond motifs is 6. The summed E-state index contributed by atoms with van der Waals surface area (Å²) in [6.07, 6.45) is 3.96. The highest BCUT2D eigenvalue weighted by Crippen LogP contribution is 2.63. The molecule has 5 rings (SSSR count). The van der Waals surface area contributed by atoms with Gasteiger partial charge in [-0.2, -0.15) is 0 Å². The molecule has 1 amide bonds. The summed E-state index contributed by atoms with van der Waals surface area (Å²) in [7, 11) is 0. The molecule has 2 fully saturated rings.